The van der Waals surface area contributed by atoms with Gasteiger partial charge in [-0.05, 0) is 56.8 Å². The molecule has 20 heavy (non-hydrogen) atoms. The molecule has 0 aliphatic carbocycles. The lowest BCUT2D eigenvalue weighted by Gasteiger charge is -2.34. The van der Waals surface area contributed by atoms with E-state index in [4.69, 9.17) is 27.9 Å². The molecule has 1 saturated heterocycles. The van der Waals surface area contributed by atoms with Gasteiger partial charge < -0.3 is 10.1 Å². The molecule has 0 amide bonds. The van der Waals surface area contributed by atoms with Crippen LogP contribution in [-0.4, -0.2) is 24.8 Å². The first kappa shape index (κ1) is 16.1. The summed E-state index contributed by atoms with van der Waals surface area (Å²) < 4.78 is 6.00. The molecule has 1 aromatic carbocycles. The van der Waals surface area contributed by atoms with Gasteiger partial charge in [-0.2, -0.15) is 0 Å². The van der Waals surface area contributed by atoms with E-state index in [1.54, 1.807) is 0 Å². The van der Waals surface area contributed by atoms with E-state index in [0.29, 0.717) is 5.02 Å². The van der Waals surface area contributed by atoms with Gasteiger partial charge in [-0.25, -0.2) is 0 Å². The third kappa shape index (κ3) is 3.88. The Balaban J connectivity index is 2.14. The Morgan fingerprint density at radius 3 is 2.80 bits per heavy atom. The highest BCUT2D eigenvalue weighted by Gasteiger charge is 2.38. The molecule has 1 aromatic rings. The summed E-state index contributed by atoms with van der Waals surface area (Å²) in [6.07, 6.45) is 4.21. The lowest BCUT2D eigenvalue weighted by atomic mass is 9.88. The van der Waals surface area contributed by atoms with Crippen molar-refractivity contribution in [2.45, 2.75) is 51.2 Å². The fraction of sp³-hybridized carbons (Fsp3) is 0.625. The van der Waals surface area contributed by atoms with Crippen LogP contribution in [0.4, 0.5) is 0 Å². The average molecular weight is 316 g/mol. The zero-order chi connectivity index (χ0) is 14.6. The molecule has 1 fully saturated rings. The van der Waals surface area contributed by atoms with Crippen LogP contribution in [0.5, 0.6) is 0 Å². The van der Waals surface area contributed by atoms with Crippen molar-refractivity contribution in [2.24, 2.45) is 0 Å². The number of halogens is 2. The van der Waals surface area contributed by atoms with Crippen molar-refractivity contribution in [3.05, 3.63) is 33.8 Å². The van der Waals surface area contributed by atoms with Crippen LogP contribution in [0.25, 0.3) is 0 Å². The molecule has 2 rings (SSSR count). The van der Waals surface area contributed by atoms with Crippen LogP contribution in [0.3, 0.4) is 0 Å². The van der Waals surface area contributed by atoms with E-state index in [9.17, 15) is 0 Å². The predicted molar refractivity (Wildman–Crippen MR) is 85.8 cm³/mol. The van der Waals surface area contributed by atoms with Crippen LogP contribution in [0, 0.1) is 0 Å². The van der Waals surface area contributed by atoms with Gasteiger partial charge in [-0.1, -0.05) is 36.2 Å². The van der Waals surface area contributed by atoms with Gasteiger partial charge in [0.1, 0.15) is 0 Å². The van der Waals surface area contributed by atoms with E-state index < -0.39 is 0 Å². The van der Waals surface area contributed by atoms with Crippen LogP contribution in [0.15, 0.2) is 18.2 Å². The summed E-state index contributed by atoms with van der Waals surface area (Å²) in [6, 6.07) is 6.01. The summed E-state index contributed by atoms with van der Waals surface area (Å²) in [5.74, 6) is 0. The fourth-order valence-corrected chi connectivity index (χ4v) is 3.29. The lowest BCUT2D eigenvalue weighted by molar-refractivity contribution is -0.0114. The van der Waals surface area contributed by atoms with Crippen molar-refractivity contribution in [2.75, 3.05) is 13.2 Å². The molecule has 1 aliphatic heterocycles. The molecule has 1 heterocycles. The zero-order valence-electron chi connectivity index (χ0n) is 12.2. The van der Waals surface area contributed by atoms with Crippen molar-refractivity contribution in [1.29, 1.82) is 0 Å². The molecular formula is C16H23Cl2NO. The quantitative estimate of drug-likeness (QED) is 0.836. The Kier molecular flexibility index (Phi) is 5.74. The Morgan fingerprint density at radius 1 is 1.40 bits per heavy atom. The molecule has 2 nitrogen and oxygen atoms in total. The van der Waals surface area contributed by atoms with Gasteiger partial charge in [0.2, 0.25) is 0 Å². The van der Waals surface area contributed by atoms with Crippen LogP contribution in [0.2, 0.25) is 10.0 Å². The molecule has 2 atom stereocenters. The number of nitrogens with one attached hydrogen (secondary N) is 1. The molecule has 0 aromatic heterocycles. The summed E-state index contributed by atoms with van der Waals surface area (Å²) >= 11 is 12.3. The fourth-order valence-electron chi connectivity index (χ4n) is 2.81. The summed E-state index contributed by atoms with van der Waals surface area (Å²) in [7, 11) is 0. The van der Waals surface area contributed by atoms with Gasteiger partial charge in [-0.15, -0.1) is 0 Å². The molecule has 0 saturated carbocycles. The highest BCUT2D eigenvalue weighted by molar-refractivity contribution is 6.35. The Labute approximate surface area is 131 Å². The second-order valence-electron chi connectivity index (χ2n) is 5.71. The second-order valence-corrected chi connectivity index (χ2v) is 6.55. The van der Waals surface area contributed by atoms with Crippen LogP contribution >= 0.6 is 23.2 Å². The van der Waals surface area contributed by atoms with Crippen molar-refractivity contribution in [1.82, 2.24) is 5.32 Å². The van der Waals surface area contributed by atoms with Gasteiger partial charge in [0.05, 0.1) is 5.60 Å². The maximum absolute atomic E-state index is 6.31. The number of hydrogen-bond donors (Lipinski definition) is 1. The monoisotopic (exact) mass is 315 g/mol. The predicted octanol–water partition coefficient (Wildman–Crippen LogP) is 4.47. The van der Waals surface area contributed by atoms with Gasteiger partial charge >= 0.3 is 0 Å². The maximum Gasteiger partial charge on any atom is 0.0810 e. The SMILES string of the molecule is CCCNC(Cc1ccc(Cl)cc1Cl)C1(C)CCCO1. The number of benzene rings is 1. The van der Waals surface area contributed by atoms with Gasteiger partial charge in [0, 0.05) is 22.7 Å². The van der Waals surface area contributed by atoms with Crippen molar-refractivity contribution >= 4 is 23.2 Å². The largest absolute Gasteiger partial charge is 0.374 e. The number of hydrogen-bond acceptors (Lipinski definition) is 2. The van der Waals surface area contributed by atoms with Crippen LogP contribution in [-0.2, 0) is 11.2 Å². The molecule has 112 valence electrons. The lowest BCUT2D eigenvalue weighted by Crippen LogP contribution is -2.50. The minimum Gasteiger partial charge on any atom is -0.374 e. The highest BCUT2D eigenvalue weighted by Crippen LogP contribution is 2.32. The Bertz CT molecular complexity index is 444. The van der Waals surface area contributed by atoms with E-state index in [1.165, 1.54) is 0 Å². The standard InChI is InChI=1S/C16H23Cl2NO/c1-3-8-19-15(16(2)7-4-9-20-16)10-12-5-6-13(17)11-14(12)18/h5-6,11,15,19H,3-4,7-10H2,1-2H3. The summed E-state index contributed by atoms with van der Waals surface area (Å²) in [6.45, 7) is 6.23. The highest BCUT2D eigenvalue weighted by atomic mass is 35.5. The zero-order valence-corrected chi connectivity index (χ0v) is 13.7. The Morgan fingerprint density at radius 2 is 2.20 bits per heavy atom. The number of ether oxygens (including phenoxy) is 1. The van der Waals surface area contributed by atoms with Crippen LogP contribution in [0.1, 0.15) is 38.7 Å². The molecule has 1 aliphatic rings. The van der Waals surface area contributed by atoms with E-state index >= 15 is 0 Å². The maximum atomic E-state index is 6.31. The summed E-state index contributed by atoms with van der Waals surface area (Å²) in [5.41, 5.74) is 1.03. The van der Waals surface area contributed by atoms with Crippen LogP contribution < -0.4 is 5.32 Å². The molecule has 2 unspecified atom stereocenters. The van der Waals surface area contributed by atoms with Gasteiger partial charge in [-0.3, -0.25) is 0 Å². The molecular weight excluding hydrogens is 293 g/mol. The third-order valence-electron chi connectivity index (χ3n) is 4.07. The molecule has 0 bridgehead atoms. The van der Waals surface area contributed by atoms with E-state index in [-0.39, 0.29) is 11.6 Å². The third-order valence-corrected chi connectivity index (χ3v) is 4.65. The van der Waals surface area contributed by atoms with E-state index in [2.05, 4.69) is 19.2 Å². The first-order valence-electron chi connectivity index (χ1n) is 7.36. The molecule has 1 N–H and O–H groups in total. The first-order chi connectivity index (χ1) is 9.55. The minimum absolute atomic E-state index is 0.0991. The Hall–Kier alpha value is -0.280. The smallest absolute Gasteiger partial charge is 0.0810 e. The molecule has 4 heteroatoms. The van der Waals surface area contributed by atoms with Crippen molar-refractivity contribution in [3.8, 4) is 0 Å². The van der Waals surface area contributed by atoms with Crippen molar-refractivity contribution < 1.29 is 4.74 Å². The van der Waals surface area contributed by atoms with Gasteiger partial charge in [0.15, 0.2) is 0 Å². The summed E-state index contributed by atoms with van der Waals surface area (Å²) in [4.78, 5) is 0. The topological polar surface area (TPSA) is 21.3 Å². The molecule has 0 spiro atoms. The first-order valence-corrected chi connectivity index (χ1v) is 8.12. The van der Waals surface area contributed by atoms with E-state index in [0.717, 1.165) is 49.4 Å². The number of rotatable bonds is 6. The average Bonchev–Trinajstić information content (AvgIpc) is 2.84. The molecule has 0 radical (unpaired) electrons. The second kappa shape index (κ2) is 7.13. The van der Waals surface area contributed by atoms with Crippen molar-refractivity contribution in [3.63, 3.8) is 0 Å². The van der Waals surface area contributed by atoms with E-state index in [1.807, 2.05) is 18.2 Å². The normalized spacial score (nSPS) is 24.0. The minimum atomic E-state index is -0.0991. The van der Waals surface area contributed by atoms with Gasteiger partial charge in [0.25, 0.3) is 0 Å². The summed E-state index contributed by atoms with van der Waals surface area (Å²) in [5, 5.41) is 5.04.